The molecular weight excluding hydrogens is 350 g/mol. The van der Waals surface area contributed by atoms with E-state index in [1.807, 2.05) is 24.3 Å². The van der Waals surface area contributed by atoms with Gasteiger partial charge in [-0.2, -0.15) is 0 Å². The number of rotatable bonds is 3. The number of halogens is 1. The van der Waals surface area contributed by atoms with Crippen LogP contribution in [0.4, 0.5) is 0 Å². The van der Waals surface area contributed by atoms with Gasteiger partial charge in [0.2, 0.25) is 0 Å². The van der Waals surface area contributed by atoms with E-state index in [0.717, 1.165) is 10.0 Å². The second-order valence-corrected chi connectivity index (χ2v) is 5.85. The van der Waals surface area contributed by atoms with Crippen molar-refractivity contribution in [2.45, 2.75) is 13.3 Å². The molecule has 0 saturated heterocycles. The highest BCUT2D eigenvalue weighted by Gasteiger charge is 2.17. The van der Waals surface area contributed by atoms with E-state index in [0.29, 0.717) is 17.7 Å². The molecule has 0 unspecified atom stereocenters. The SMILES string of the molecule is Cc1nc2c(C(=O)O)c[nH]n2c(=O)c1Cc1ccc(Br)cc1. The minimum absolute atomic E-state index is 0.0182. The first-order chi connectivity index (χ1) is 10.5. The van der Waals surface area contributed by atoms with Crippen LogP contribution in [0.1, 0.15) is 27.2 Å². The predicted molar refractivity (Wildman–Crippen MR) is 84.5 cm³/mol. The van der Waals surface area contributed by atoms with Crippen molar-refractivity contribution in [3.8, 4) is 0 Å². The summed E-state index contributed by atoms with van der Waals surface area (Å²) in [5, 5.41) is 11.8. The lowest BCUT2D eigenvalue weighted by Gasteiger charge is -2.06. The first-order valence-electron chi connectivity index (χ1n) is 6.54. The first kappa shape index (κ1) is 14.5. The zero-order valence-corrected chi connectivity index (χ0v) is 13.2. The van der Waals surface area contributed by atoms with Gasteiger partial charge in [0.05, 0.1) is 0 Å². The van der Waals surface area contributed by atoms with E-state index in [-0.39, 0.29) is 16.8 Å². The molecular formula is C15H12BrN3O3. The molecule has 2 N–H and O–H groups in total. The molecule has 0 bridgehead atoms. The fourth-order valence-corrected chi connectivity index (χ4v) is 2.59. The molecule has 112 valence electrons. The molecule has 7 heteroatoms. The molecule has 2 heterocycles. The summed E-state index contributed by atoms with van der Waals surface area (Å²) < 4.78 is 2.14. The number of carbonyl (C=O) groups is 1. The van der Waals surface area contributed by atoms with Gasteiger partial charge in [-0.05, 0) is 24.6 Å². The molecule has 0 saturated carbocycles. The summed E-state index contributed by atoms with van der Waals surface area (Å²) in [4.78, 5) is 27.9. The van der Waals surface area contributed by atoms with Crippen molar-refractivity contribution in [1.29, 1.82) is 0 Å². The Hall–Kier alpha value is -2.41. The Morgan fingerprint density at radius 1 is 1.36 bits per heavy atom. The van der Waals surface area contributed by atoms with E-state index in [2.05, 4.69) is 26.0 Å². The Bertz CT molecular complexity index is 926. The van der Waals surface area contributed by atoms with Crippen LogP contribution in [0.3, 0.4) is 0 Å². The Morgan fingerprint density at radius 3 is 2.68 bits per heavy atom. The molecule has 0 amide bonds. The fourth-order valence-electron chi connectivity index (χ4n) is 2.32. The number of hydrogen-bond donors (Lipinski definition) is 2. The number of H-pyrrole nitrogens is 1. The number of aryl methyl sites for hydroxylation is 1. The van der Waals surface area contributed by atoms with Crippen molar-refractivity contribution in [2.24, 2.45) is 0 Å². The number of aromatic amines is 1. The van der Waals surface area contributed by atoms with E-state index >= 15 is 0 Å². The molecule has 2 aromatic heterocycles. The standard InChI is InChI=1S/C15H12BrN3O3/c1-8-11(6-9-2-4-10(16)5-3-9)14(20)19-13(18-8)12(7-17-19)15(21)22/h2-5,7,17H,6H2,1H3,(H,21,22). The van der Waals surface area contributed by atoms with Gasteiger partial charge in [-0.25, -0.2) is 14.3 Å². The zero-order valence-electron chi connectivity index (χ0n) is 11.6. The maximum absolute atomic E-state index is 12.5. The minimum atomic E-state index is -1.12. The van der Waals surface area contributed by atoms with Crippen molar-refractivity contribution >= 4 is 27.5 Å². The smallest absolute Gasteiger partial charge is 0.341 e. The van der Waals surface area contributed by atoms with E-state index in [1.54, 1.807) is 6.92 Å². The van der Waals surface area contributed by atoms with Gasteiger partial charge in [0.1, 0.15) is 5.56 Å². The summed E-state index contributed by atoms with van der Waals surface area (Å²) in [7, 11) is 0. The average Bonchev–Trinajstić information content (AvgIpc) is 2.89. The Balaban J connectivity index is 2.13. The van der Waals surface area contributed by atoms with E-state index in [4.69, 9.17) is 5.11 Å². The van der Waals surface area contributed by atoms with Crippen LogP contribution in [-0.4, -0.2) is 25.7 Å². The predicted octanol–water partition coefficient (Wildman–Crippen LogP) is 2.38. The molecule has 3 aromatic rings. The highest BCUT2D eigenvalue weighted by Crippen LogP contribution is 2.15. The number of fused-ring (bicyclic) bond motifs is 1. The lowest BCUT2D eigenvalue weighted by Crippen LogP contribution is -2.22. The molecule has 3 rings (SSSR count). The quantitative estimate of drug-likeness (QED) is 0.749. The topological polar surface area (TPSA) is 87.5 Å². The molecule has 0 spiro atoms. The highest BCUT2D eigenvalue weighted by atomic mass is 79.9. The van der Waals surface area contributed by atoms with Crippen LogP contribution in [0.2, 0.25) is 0 Å². The lowest BCUT2D eigenvalue weighted by atomic mass is 10.1. The van der Waals surface area contributed by atoms with Gasteiger partial charge < -0.3 is 5.11 Å². The van der Waals surface area contributed by atoms with Crippen LogP contribution in [0.25, 0.3) is 5.65 Å². The summed E-state index contributed by atoms with van der Waals surface area (Å²) in [6, 6.07) is 7.67. The normalized spacial score (nSPS) is 11.0. The highest BCUT2D eigenvalue weighted by molar-refractivity contribution is 9.10. The van der Waals surface area contributed by atoms with E-state index in [1.165, 1.54) is 10.7 Å². The number of nitrogens with one attached hydrogen (secondary N) is 1. The lowest BCUT2D eigenvalue weighted by molar-refractivity contribution is 0.0698. The Morgan fingerprint density at radius 2 is 2.05 bits per heavy atom. The van der Waals surface area contributed by atoms with Gasteiger partial charge in [-0.1, -0.05) is 28.1 Å². The van der Waals surface area contributed by atoms with Gasteiger partial charge in [-0.3, -0.25) is 9.89 Å². The number of aromatic nitrogens is 3. The van der Waals surface area contributed by atoms with Crippen LogP contribution in [0.5, 0.6) is 0 Å². The van der Waals surface area contributed by atoms with E-state index in [9.17, 15) is 9.59 Å². The van der Waals surface area contributed by atoms with Gasteiger partial charge in [-0.15, -0.1) is 0 Å². The summed E-state index contributed by atoms with van der Waals surface area (Å²) in [6.07, 6.45) is 1.71. The molecule has 0 aliphatic carbocycles. The third-order valence-electron chi connectivity index (χ3n) is 3.49. The summed E-state index contributed by atoms with van der Waals surface area (Å²) in [5.74, 6) is -1.12. The maximum Gasteiger partial charge on any atom is 0.341 e. The number of nitrogens with zero attached hydrogens (tertiary/aromatic N) is 2. The number of aromatic carboxylic acids is 1. The minimum Gasteiger partial charge on any atom is -0.477 e. The molecule has 0 radical (unpaired) electrons. The molecule has 0 aliphatic heterocycles. The van der Waals surface area contributed by atoms with Crippen molar-refractivity contribution in [3.63, 3.8) is 0 Å². The summed E-state index contributed by atoms with van der Waals surface area (Å²) >= 11 is 3.37. The van der Waals surface area contributed by atoms with Crippen LogP contribution in [0, 0.1) is 6.92 Å². The summed E-state index contributed by atoms with van der Waals surface area (Å²) in [5.41, 5.74) is 1.90. The monoisotopic (exact) mass is 361 g/mol. The summed E-state index contributed by atoms with van der Waals surface area (Å²) in [6.45, 7) is 1.72. The Kier molecular flexibility index (Phi) is 3.58. The molecule has 22 heavy (non-hydrogen) atoms. The van der Waals surface area contributed by atoms with Gasteiger partial charge >= 0.3 is 5.97 Å². The van der Waals surface area contributed by atoms with Gasteiger partial charge in [0, 0.05) is 28.3 Å². The zero-order chi connectivity index (χ0) is 15.9. The number of hydrogen-bond acceptors (Lipinski definition) is 3. The van der Waals surface area contributed by atoms with Crippen LogP contribution >= 0.6 is 15.9 Å². The average molecular weight is 362 g/mol. The molecule has 0 atom stereocenters. The second-order valence-electron chi connectivity index (χ2n) is 4.94. The van der Waals surface area contributed by atoms with Crippen LogP contribution in [0.15, 0.2) is 39.7 Å². The molecule has 6 nitrogen and oxygen atoms in total. The number of carboxylic acids is 1. The molecule has 1 aromatic carbocycles. The van der Waals surface area contributed by atoms with Gasteiger partial charge in [0.15, 0.2) is 5.65 Å². The second kappa shape index (κ2) is 5.42. The van der Waals surface area contributed by atoms with Crippen molar-refractivity contribution in [3.05, 3.63) is 67.7 Å². The third-order valence-corrected chi connectivity index (χ3v) is 4.02. The first-order valence-corrected chi connectivity index (χ1v) is 7.34. The van der Waals surface area contributed by atoms with Crippen LogP contribution < -0.4 is 5.56 Å². The third kappa shape index (κ3) is 2.43. The van der Waals surface area contributed by atoms with Crippen molar-refractivity contribution in [2.75, 3.05) is 0 Å². The van der Waals surface area contributed by atoms with Crippen molar-refractivity contribution < 1.29 is 9.90 Å². The van der Waals surface area contributed by atoms with E-state index < -0.39 is 5.97 Å². The van der Waals surface area contributed by atoms with Crippen LogP contribution in [-0.2, 0) is 6.42 Å². The number of benzene rings is 1. The number of carboxylic acid groups (broad SMARTS) is 1. The molecule has 0 fully saturated rings. The van der Waals surface area contributed by atoms with Gasteiger partial charge in [0.25, 0.3) is 5.56 Å². The largest absolute Gasteiger partial charge is 0.477 e. The Labute approximate surface area is 133 Å². The van der Waals surface area contributed by atoms with Crippen molar-refractivity contribution in [1.82, 2.24) is 14.6 Å². The maximum atomic E-state index is 12.5. The fraction of sp³-hybridized carbons (Fsp3) is 0.133. The molecule has 0 aliphatic rings.